The number of rotatable bonds is 4. The maximum Gasteiger partial charge on any atom is 0.409 e. The van der Waals surface area contributed by atoms with Gasteiger partial charge in [0.05, 0.1) is 12.2 Å². The number of nitrogens with one attached hydrogen (secondary N) is 1. The molecule has 1 saturated heterocycles. The minimum atomic E-state index is -0.646. The molecule has 0 radical (unpaired) electrons. The van der Waals surface area contributed by atoms with Gasteiger partial charge < -0.3 is 19.9 Å². The van der Waals surface area contributed by atoms with Crippen molar-refractivity contribution in [3.05, 3.63) is 30.1 Å². The van der Waals surface area contributed by atoms with E-state index in [4.69, 9.17) is 4.74 Å². The van der Waals surface area contributed by atoms with Gasteiger partial charge in [-0.25, -0.2) is 4.79 Å². The Morgan fingerprint density at radius 3 is 2.50 bits per heavy atom. The van der Waals surface area contributed by atoms with Crippen molar-refractivity contribution in [2.24, 2.45) is 0 Å². The smallest absolute Gasteiger partial charge is 0.409 e. The minimum absolute atomic E-state index is 0.171. The van der Waals surface area contributed by atoms with Crippen molar-refractivity contribution in [1.82, 2.24) is 20.1 Å². The van der Waals surface area contributed by atoms with Gasteiger partial charge in [-0.05, 0) is 26.0 Å². The van der Waals surface area contributed by atoms with Crippen molar-refractivity contribution in [2.75, 3.05) is 32.8 Å². The Labute approximate surface area is 140 Å². The average Bonchev–Trinajstić information content (AvgIpc) is 2.62. The van der Waals surface area contributed by atoms with Crippen LogP contribution in [0.3, 0.4) is 0 Å². The molecule has 0 aromatic carbocycles. The number of hydrogen-bond acceptors (Lipinski definition) is 5. The van der Waals surface area contributed by atoms with E-state index in [1.807, 2.05) is 0 Å². The molecule has 0 spiro atoms. The molecule has 1 aliphatic rings. The zero-order valence-corrected chi connectivity index (χ0v) is 13.9. The van der Waals surface area contributed by atoms with Crippen molar-refractivity contribution < 1.29 is 19.1 Å². The second kappa shape index (κ2) is 8.28. The molecule has 1 aromatic heterocycles. The number of carbonyl (C=O) groups excluding carboxylic acids is 3. The van der Waals surface area contributed by atoms with Crippen LogP contribution >= 0.6 is 0 Å². The van der Waals surface area contributed by atoms with E-state index in [0.717, 1.165) is 0 Å². The standard InChI is InChI=1S/C16H22N4O4/c1-3-24-16(23)20-9-7-19(8-10-20)15(22)12(2)18-14(21)13-5-4-6-17-11-13/h4-6,11-12H,3,7-10H2,1-2H3,(H,18,21)/t12-/m1/s1. The second-order valence-electron chi connectivity index (χ2n) is 5.45. The first-order valence-corrected chi connectivity index (χ1v) is 7.94. The monoisotopic (exact) mass is 334 g/mol. The lowest BCUT2D eigenvalue weighted by atomic mass is 10.2. The van der Waals surface area contributed by atoms with E-state index in [2.05, 4.69) is 10.3 Å². The molecule has 0 bridgehead atoms. The highest BCUT2D eigenvalue weighted by atomic mass is 16.6. The summed E-state index contributed by atoms with van der Waals surface area (Å²) in [4.78, 5) is 43.2. The molecule has 8 nitrogen and oxygen atoms in total. The van der Waals surface area contributed by atoms with E-state index >= 15 is 0 Å². The van der Waals surface area contributed by atoms with Crippen molar-refractivity contribution >= 4 is 17.9 Å². The summed E-state index contributed by atoms with van der Waals surface area (Å²) in [6.45, 7) is 5.42. The van der Waals surface area contributed by atoms with Crippen molar-refractivity contribution in [1.29, 1.82) is 0 Å². The normalized spacial score (nSPS) is 15.6. The zero-order valence-electron chi connectivity index (χ0n) is 13.9. The molecule has 24 heavy (non-hydrogen) atoms. The van der Waals surface area contributed by atoms with Gasteiger partial charge in [0.15, 0.2) is 0 Å². The molecule has 2 rings (SSSR count). The molecule has 1 fully saturated rings. The van der Waals surface area contributed by atoms with Crippen LogP contribution in [0.25, 0.3) is 0 Å². The second-order valence-corrected chi connectivity index (χ2v) is 5.45. The van der Waals surface area contributed by atoms with Gasteiger partial charge in [-0.3, -0.25) is 14.6 Å². The molecule has 1 aliphatic heterocycles. The van der Waals surface area contributed by atoms with Crippen LogP contribution < -0.4 is 5.32 Å². The fraction of sp³-hybridized carbons (Fsp3) is 0.500. The lowest BCUT2D eigenvalue weighted by Gasteiger charge is -2.35. The Morgan fingerprint density at radius 2 is 1.92 bits per heavy atom. The fourth-order valence-electron chi connectivity index (χ4n) is 2.44. The lowest BCUT2D eigenvalue weighted by Crippen LogP contribution is -2.55. The molecule has 0 aliphatic carbocycles. The van der Waals surface area contributed by atoms with Gasteiger partial charge in [-0.1, -0.05) is 0 Å². The van der Waals surface area contributed by atoms with Gasteiger partial charge in [0, 0.05) is 38.6 Å². The predicted molar refractivity (Wildman–Crippen MR) is 86.3 cm³/mol. The van der Waals surface area contributed by atoms with E-state index in [1.165, 1.54) is 6.20 Å². The third-order valence-corrected chi connectivity index (χ3v) is 3.76. The molecular weight excluding hydrogens is 312 g/mol. The summed E-state index contributed by atoms with van der Waals surface area (Å²) in [5, 5.41) is 2.67. The van der Waals surface area contributed by atoms with E-state index < -0.39 is 6.04 Å². The number of nitrogens with zero attached hydrogens (tertiary/aromatic N) is 3. The first-order chi connectivity index (χ1) is 11.5. The third-order valence-electron chi connectivity index (χ3n) is 3.76. The average molecular weight is 334 g/mol. The molecule has 1 aromatic rings. The van der Waals surface area contributed by atoms with Gasteiger partial charge in [-0.2, -0.15) is 0 Å². The van der Waals surface area contributed by atoms with E-state index in [9.17, 15) is 14.4 Å². The van der Waals surface area contributed by atoms with Crippen LogP contribution in [0.2, 0.25) is 0 Å². The molecule has 0 saturated carbocycles. The predicted octanol–water partition coefficient (Wildman–Crippen LogP) is 0.501. The number of aromatic nitrogens is 1. The highest BCUT2D eigenvalue weighted by Crippen LogP contribution is 2.06. The molecule has 8 heteroatoms. The molecule has 130 valence electrons. The number of ether oxygens (including phenoxy) is 1. The Hall–Kier alpha value is -2.64. The molecule has 1 atom stereocenters. The van der Waals surface area contributed by atoms with Crippen LogP contribution in [0.1, 0.15) is 24.2 Å². The molecule has 0 unspecified atom stereocenters. The summed E-state index contributed by atoms with van der Waals surface area (Å²) in [5.41, 5.74) is 0.407. The van der Waals surface area contributed by atoms with Crippen LogP contribution in [-0.2, 0) is 9.53 Å². The summed E-state index contributed by atoms with van der Waals surface area (Å²) in [6.07, 6.45) is 2.67. The number of amides is 3. The first kappa shape index (κ1) is 17.7. The maximum absolute atomic E-state index is 12.4. The number of hydrogen-bond donors (Lipinski definition) is 1. The highest BCUT2D eigenvalue weighted by Gasteiger charge is 2.28. The van der Waals surface area contributed by atoms with Crippen LogP contribution in [0.4, 0.5) is 4.79 Å². The highest BCUT2D eigenvalue weighted by molar-refractivity contribution is 5.97. The Bertz CT molecular complexity index is 585. The molecular formula is C16H22N4O4. The fourth-order valence-corrected chi connectivity index (χ4v) is 2.44. The van der Waals surface area contributed by atoms with Crippen molar-refractivity contribution in [3.8, 4) is 0 Å². The zero-order chi connectivity index (χ0) is 17.5. The topological polar surface area (TPSA) is 91.8 Å². The van der Waals surface area contributed by atoms with Gasteiger partial charge >= 0.3 is 6.09 Å². The van der Waals surface area contributed by atoms with Crippen LogP contribution in [-0.4, -0.2) is 71.5 Å². The Morgan fingerprint density at radius 1 is 1.25 bits per heavy atom. The third kappa shape index (κ3) is 4.43. The van der Waals surface area contributed by atoms with E-state index in [1.54, 1.807) is 42.0 Å². The lowest BCUT2D eigenvalue weighted by molar-refractivity contribution is -0.134. The summed E-state index contributed by atoms with van der Waals surface area (Å²) < 4.78 is 4.95. The van der Waals surface area contributed by atoms with Crippen LogP contribution in [0.5, 0.6) is 0 Å². The summed E-state index contributed by atoms with van der Waals surface area (Å²) in [5.74, 6) is -0.509. The van der Waals surface area contributed by atoms with Crippen LogP contribution in [0, 0.1) is 0 Å². The molecule has 3 amide bonds. The first-order valence-electron chi connectivity index (χ1n) is 7.94. The minimum Gasteiger partial charge on any atom is -0.450 e. The van der Waals surface area contributed by atoms with Gasteiger partial charge in [0.25, 0.3) is 5.91 Å². The van der Waals surface area contributed by atoms with Crippen molar-refractivity contribution in [2.45, 2.75) is 19.9 Å². The van der Waals surface area contributed by atoms with E-state index in [-0.39, 0.29) is 17.9 Å². The van der Waals surface area contributed by atoms with E-state index in [0.29, 0.717) is 38.3 Å². The van der Waals surface area contributed by atoms with Crippen LogP contribution in [0.15, 0.2) is 24.5 Å². The summed E-state index contributed by atoms with van der Waals surface area (Å²) in [7, 11) is 0. The number of piperazine rings is 1. The number of carbonyl (C=O) groups is 3. The Balaban J connectivity index is 1.84. The summed E-state index contributed by atoms with van der Waals surface area (Å²) >= 11 is 0. The summed E-state index contributed by atoms with van der Waals surface area (Å²) in [6, 6.07) is 2.65. The van der Waals surface area contributed by atoms with Gasteiger partial charge in [0.2, 0.25) is 5.91 Å². The Kier molecular flexibility index (Phi) is 6.11. The molecule has 1 N–H and O–H groups in total. The van der Waals surface area contributed by atoms with Gasteiger partial charge in [-0.15, -0.1) is 0 Å². The SMILES string of the molecule is CCOC(=O)N1CCN(C(=O)[C@@H](C)NC(=O)c2cccnc2)CC1. The number of pyridine rings is 1. The largest absolute Gasteiger partial charge is 0.450 e. The maximum atomic E-state index is 12.4. The van der Waals surface area contributed by atoms with Crippen molar-refractivity contribution in [3.63, 3.8) is 0 Å². The van der Waals surface area contributed by atoms with Gasteiger partial charge in [0.1, 0.15) is 6.04 Å². The molecule has 2 heterocycles. The quantitative estimate of drug-likeness (QED) is 0.866.